The highest BCUT2D eigenvalue weighted by Crippen LogP contribution is 2.20. The Labute approximate surface area is 126 Å². The predicted molar refractivity (Wildman–Crippen MR) is 90.4 cm³/mol. The number of rotatable bonds is 4. The third-order valence-electron chi connectivity index (χ3n) is 4.13. The summed E-state index contributed by atoms with van der Waals surface area (Å²) in [5.41, 5.74) is 4.04. The van der Waals surface area contributed by atoms with Crippen molar-refractivity contribution >= 4 is 10.8 Å². The van der Waals surface area contributed by atoms with E-state index in [1.165, 1.54) is 27.5 Å². The molecule has 0 aromatic heterocycles. The fourth-order valence-electron chi connectivity index (χ4n) is 2.67. The van der Waals surface area contributed by atoms with Crippen molar-refractivity contribution in [1.29, 1.82) is 0 Å². The molecule has 1 unspecified atom stereocenters. The Morgan fingerprint density at radius 2 is 1.57 bits per heavy atom. The molecule has 0 aliphatic heterocycles. The molecular weight excluding hydrogens is 254 g/mol. The lowest BCUT2D eigenvalue weighted by molar-refractivity contribution is 0.574. The van der Waals surface area contributed by atoms with Crippen molar-refractivity contribution in [3.05, 3.63) is 83.4 Å². The van der Waals surface area contributed by atoms with Gasteiger partial charge in [0.2, 0.25) is 0 Å². The third kappa shape index (κ3) is 3.14. The summed E-state index contributed by atoms with van der Waals surface area (Å²) < 4.78 is 0. The largest absolute Gasteiger partial charge is 0.306 e. The molecule has 1 N–H and O–H groups in total. The lowest BCUT2D eigenvalue weighted by Gasteiger charge is -2.16. The van der Waals surface area contributed by atoms with Crippen LogP contribution in [0.25, 0.3) is 10.8 Å². The van der Waals surface area contributed by atoms with E-state index in [0.29, 0.717) is 6.04 Å². The number of hydrogen-bond acceptors (Lipinski definition) is 1. The van der Waals surface area contributed by atoms with Gasteiger partial charge in [-0.15, -0.1) is 0 Å². The lowest BCUT2D eigenvalue weighted by Crippen LogP contribution is -2.18. The third-order valence-corrected chi connectivity index (χ3v) is 4.13. The van der Waals surface area contributed by atoms with Gasteiger partial charge < -0.3 is 5.32 Å². The molecule has 0 saturated carbocycles. The van der Waals surface area contributed by atoms with Gasteiger partial charge in [0.05, 0.1) is 0 Å². The first-order valence-electron chi connectivity index (χ1n) is 7.50. The molecule has 21 heavy (non-hydrogen) atoms. The van der Waals surface area contributed by atoms with Gasteiger partial charge in [-0.25, -0.2) is 0 Å². The average Bonchev–Trinajstić information content (AvgIpc) is 2.53. The molecule has 0 amide bonds. The van der Waals surface area contributed by atoms with E-state index in [1.54, 1.807) is 0 Å². The van der Waals surface area contributed by atoms with Crippen molar-refractivity contribution in [2.24, 2.45) is 0 Å². The van der Waals surface area contributed by atoms with E-state index in [0.717, 1.165) is 6.54 Å². The summed E-state index contributed by atoms with van der Waals surface area (Å²) in [7, 11) is 0. The summed E-state index contributed by atoms with van der Waals surface area (Å²) in [6.45, 7) is 5.29. The lowest BCUT2D eigenvalue weighted by atomic mass is 10.0. The quantitative estimate of drug-likeness (QED) is 0.706. The average molecular weight is 275 g/mol. The number of aryl methyl sites for hydroxylation is 1. The molecule has 0 radical (unpaired) electrons. The van der Waals surface area contributed by atoms with Crippen LogP contribution in [0, 0.1) is 6.92 Å². The van der Waals surface area contributed by atoms with Gasteiger partial charge in [0.15, 0.2) is 0 Å². The normalized spacial score (nSPS) is 12.5. The maximum absolute atomic E-state index is 3.62. The van der Waals surface area contributed by atoms with E-state index in [4.69, 9.17) is 0 Å². The summed E-state index contributed by atoms with van der Waals surface area (Å²) in [5.74, 6) is 0. The van der Waals surface area contributed by atoms with Gasteiger partial charge in [-0.05, 0) is 47.4 Å². The van der Waals surface area contributed by atoms with Crippen molar-refractivity contribution < 1.29 is 0 Å². The van der Waals surface area contributed by atoms with Gasteiger partial charge >= 0.3 is 0 Å². The molecule has 0 saturated heterocycles. The predicted octanol–water partition coefficient (Wildman–Crippen LogP) is 5.00. The molecule has 3 aromatic carbocycles. The number of fused-ring (bicyclic) bond motifs is 1. The van der Waals surface area contributed by atoms with E-state index in [2.05, 4.69) is 85.9 Å². The van der Waals surface area contributed by atoms with E-state index in [-0.39, 0.29) is 0 Å². The molecule has 0 aliphatic rings. The zero-order valence-corrected chi connectivity index (χ0v) is 12.6. The Bertz CT molecular complexity index is 745. The zero-order valence-electron chi connectivity index (χ0n) is 12.6. The summed E-state index contributed by atoms with van der Waals surface area (Å²) in [5, 5.41) is 6.22. The van der Waals surface area contributed by atoms with Crippen LogP contribution in [0.15, 0.2) is 66.7 Å². The highest BCUT2D eigenvalue weighted by Gasteiger charge is 2.06. The minimum atomic E-state index is 0.342. The van der Waals surface area contributed by atoms with Gasteiger partial charge in [0.1, 0.15) is 0 Å². The molecule has 0 fully saturated rings. The van der Waals surface area contributed by atoms with Crippen molar-refractivity contribution in [3.8, 4) is 0 Å². The molecular formula is C20H21N. The molecule has 3 rings (SSSR count). The van der Waals surface area contributed by atoms with Crippen LogP contribution in [0.4, 0.5) is 0 Å². The summed E-state index contributed by atoms with van der Waals surface area (Å²) in [4.78, 5) is 0. The summed E-state index contributed by atoms with van der Waals surface area (Å²) in [6, 6.07) is 24.1. The van der Waals surface area contributed by atoms with Crippen LogP contribution in [0.3, 0.4) is 0 Å². The number of benzene rings is 3. The maximum Gasteiger partial charge on any atom is 0.0295 e. The van der Waals surface area contributed by atoms with E-state index < -0.39 is 0 Å². The second kappa shape index (κ2) is 6.11. The Balaban J connectivity index is 1.75. The van der Waals surface area contributed by atoms with Crippen LogP contribution in [-0.2, 0) is 6.54 Å². The van der Waals surface area contributed by atoms with Crippen LogP contribution in [0.2, 0.25) is 0 Å². The van der Waals surface area contributed by atoms with Gasteiger partial charge in [0, 0.05) is 12.6 Å². The summed E-state index contributed by atoms with van der Waals surface area (Å²) in [6.07, 6.45) is 0. The molecule has 3 aromatic rings. The Kier molecular flexibility index (Phi) is 4.03. The number of nitrogens with one attached hydrogen (secondary N) is 1. The molecule has 1 nitrogen and oxygen atoms in total. The minimum absolute atomic E-state index is 0.342. The molecule has 0 bridgehead atoms. The second-order valence-corrected chi connectivity index (χ2v) is 5.64. The first-order valence-corrected chi connectivity index (χ1v) is 7.50. The Morgan fingerprint density at radius 3 is 2.38 bits per heavy atom. The zero-order chi connectivity index (χ0) is 14.7. The van der Waals surface area contributed by atoms with E-state index in [1.807, 2.05) is 0 Å². The van der Waals surface area contributed by atoms with E-state index in [9.17, 15) is 0 Å². The van der Waals surface area contributed by atoms with Crippen LogP contribution in [0.1, 0.15) is 29.7 Å². The first kappa shape index (κ1) is 13.8. The van der Waals surface area contributed by atoms with Gasteiger partial charge in [-0.2, -0.15) is 0 Å². The smallest absolute Gasteiger partial charge is 0.0295 e. The van der Waals surface area contributed by atoms with Crippen molar-refractivity contribution in [3.63, 3.8) is 0 Å². The minimum Gasteiger partial charge on any atom is -0.306 e. The van der Waals surface area contributed by atoms with Gasteiger partial charge in [-0.1, -0.05) is 60.7 Å². The fraction of sp³-hybridized carbons (Fsp3) is 0.200. The Hall–Kier alpha value is -2.12. The fourth-order valence-corrected chi connectivity index (χ4v) is 2.67. The number of hydrogen-bond donors (Lipinski definition) is 1. The molecule has 0 spiro atoms. The van der Waals surface area contributed by atoms with Crippen LogP contribution in [0.5, 0.6) is 0 Å². The van der Waals surface area contributed by atoms with Gasteiger partial charge in [-0.3, -0.25) is 0 Å². The van der Waals surface area contributed by atoms with Crippen molar-refractivity contribution in [1.82, 2.24) is 5.32 Å². The highest BCUT2D eigenvalue weighted by atomic mass is 14.9. The molecule has 0 aliphatic carbocycles. The summed E-state index contributed by atoms with van der Waals surface area (Å²) >= 11 is 0. The van der Waals surface area contributed by atoms with E-state index >= 15 is 0 Å². The standard InChI is InChI=1S/C20H21N/c1-15-7-3-4-10-20(15)14-21-16(2)18-12-11-17-8-5-6-9-19(17)13-18/h3-13,16,21H,14H2,1-2H3. The first-order chi connectivity index (χ1) is 10.2. The van der Waals surface area contributed by atoms with Crippen LogP contribution in [-0.4, -0.2) is 0 Å². The topological polar surface area (TPSA) is 12.0 Å². The van der Waals surface area contributed by atoms with Crippen LogP contribution >= 0.6 is 0 Å². The van der Waals surface area contributed by atoms with Crippen molar-refractivity contribution in [2.75, 3.05) is 0 Å². The molecule has 106 valence electrons. The SMILES string of the molecule is Cc1ccccc1CNC(C)c1ccc2ccccc2c1. The van der Waals surface area contributed by atoms with Crippen LogP contribution < -0.4 is 5.32 Å². The molecule has 1 atom stereocenters. The Morgan fingerprint density at radius 1 is 0.857 bits per heavy atom. The second-order valence-electron chi connectivity index (χ2n) is 5.64. The monoisotopic (exact) mass is 275 g/mol. The van der Waals surface area contributed by atoms with Crippen molar-refractivity contribution in [2.45, 2.75) is 26.4 Å². The van der Waals surface area contributed by atoms with Gasteiger partial charge in [0.25, 0.3) is 0 Å². The molecule has 1 heteroatoms. The maximum atomic E-state index is 3.62. The highest BCUT2D eigenvalue weighted by molar-refractivity contribution is 5.83. The molecule has 0 heterocycles.